The van der Waals surface area contributed by atoms with Crippen molar-refractivity contribution in [3.8, 4) is 0 Å². The average Bonchev–Trinajstić information content (AvgIpc) is 2.37. The fourth-order valence-electron chi connectivity index (χ4n) is 1.85. The van der Waals surface area contributed by atoms with Gasteiger partial charge in [-0.2, -0.15) is 0 Å². The van der Waals surface area contributed by atoms with E-state index in [4.69, 9.17) is 18.0 Å². The molecule has 0 saturated heterocycles. The van der Waals surface area contributed by atoms with Gasteiger partial charge in [0.2, 0.25) is 5.91 Å². The van der Waals surface area contributed by atoms with Crippen molar-refractivity contribution in [2.75, 3.05) is 32.1 Å². The van der Waals surface area contributed by atoms with E-state index in [-0.39, 0.29) is 28.7 Å². The lowest BCUT2D eigenvalue weighted by molar-refractivity contribution is -0.127. The van der Waals surface area contributed by atoms with Crippen molar-refractivity contribution >= 4 is 28.8 Å². The van der Waals surface area contributed by atoms with Gasteiger partial charge >= 0.3 is 0 Å². The molecule has 116 valence electrons. The van der Waals surface area contributed by atoms with Crippen molar-refractivity contribution in [2.24, 2.45) is 5.73 Å². The Morgan fingerprint density at radius 1 is 1.29 bits per heavy atom. The molecule has 0 aliphatic heterocycles. The normalized spacial score (nSPS) is 10.3. The van der Waals surface area contributed by atoms with Gasteiger partial charge in [0.1, 0.15) is 22.3 Å². The number of benzene rings is 1. The molecule has 0 heterocycles. The number of carbonyl (C=O) groups is 1. The molecule has 0 spiro atoms. The van der Waals surface area contributed by atoms with Crippen molar-refractivity contribution in [3.05, 3.63) is 29.3 Å². The van der Waals surface area contributed by atoms with E-state index in [2.05, 4.69) is 0 Å². The summed E-state index contributed by atoms with van der Waals surface area (Å²) in [7, 11) is 3.18. The highest BCUT2D eigenvalue weighted by atomic mass is 32.1. The van der Waals surface area contributed by atoms with Crippen molar-refractivity contribution in [2.45, 2.75) is 13.3 Å². The predicted molar refractivity (Wildman–Crippen MR) is 83.4 cm³/mol. The fraction of sp³-hybridized carbons (Fsp3) is 0.429. The van der Waals surface area contributed by atoms with Gasteiger partial charge in [-0.3, -0.25) is 4.79 Å². The average molecular weight is 315 g/mol. The van der Waals surface area contributed by atoms with Crippen LogP contribution >= 0.6 is 12.2 Å². The molecule has 0 atom stereocenters. The first-order valence-corrected chi connectivity index (χ1v) is 6.92. The Bertz CT molecular complexity index is 526. The number of hydrogen-bond acceptors (Lipinski definition) is 3. The van der Waals surface area contributed by atoms with E-state index >= 15 is 0 Å². The Hall–Kier alpha value is -1.76. The molecule has 0 unspecified atom stereocenters. The maximum atomic E-state index is 14.2. The number of amides is 1. The molecule has 2 N–H and O–H groups in total. The van der Waals surface area contributed by atoms with Crippen molar-refractivity contribution < 1.29 is 13.6 Å². The first-order chi connectivity index (χ1) is 9.77. The van der Waals surface area contributed by atoms with Crippen LogP contribution in [0.3, 0.4) is 0 Å². The van der Waals surface area contributed by atoms with E-state index in [0.717, 1.165) is 12.1 Å². The van der Waals surface area contributed by atoms with Gasteiger partial charge in [-0.05, 0) is 18.6 Å². The number of thiocarbonyl (C=S) groups is 1. The minimum absolute atomic E-state index is 0.0780. The second-order valence-corrected chi connectivity index (χ2v) is 5.30. The van der Waals surface area contributed by atoms with Crippen LogP contribution in [0.4, 0.5) is 14.5 Å². The number of carbonyl (C=O) groups excluding carboxylic acids is 1. The zero-order valence-corrected chi connectivity index (χ0v) is 13.1. The molecule has 0 aromatic heterocycles. The summed E-state index contributed by atoms with van der Waals surface area (Å²) in [6, 6.07) is 2.17. The molecule has 0 bridgehead atoms. The lowest BCUT2D eigenvalue weighted by Crippen LogP contribution is -2.38. The third kappa shape index (κ3) is 4.35. The van der Waals surface area contributed by atoms with E-state index in [1.54, 1.807) is 14.1 Å². The molecule has 0 saturated carbocycles. The number of nitrogens with zero attached hydrogens (tertiary/aromatic N) is 2. The van der Waals surface area contributed by atoms with E-state index in [1.807, 2.05) is 6.92 Å². The van der Waals surface area contributed by atoms with Crippen LogP contribution < -0.4 is 10.6 Å². The predicted octanol–water partition coefficient (Wildman–Crippen LogP) is 1.90. The van der Waals surface area contributed by atoms with Crippen LogP contribution in [-0.2, 0) is 4.79 Å². The van der Waals surface area contributed by atoms with Gasteiger partial charge in [0, 0.05) is 26.2 Å². The summed E-state index contributed by atoms with van der Waals surface area (Å²) in [5, 5.41) is 0. The summed E-state index contributed by atoms with van der Waals surface area (Å²) >= 11 is 4.72. The SMILES string of the molecule is CCCN(CC(=O)N(C)C)c1c(F)cc(C(N)=S)cc1F. The van der Waals surface area contributed by atoms with Gasteiger partial charge in [0.05, 0.1) is 6.54 Å². The molecule has 21 heavy (non-hydrogen) atoms. The Morgan fingerprint density at radius 2 is 1.81 bits per heavy atom. The molecule has 1 aromatic carbocycles. The smallest absolute Gasteiger partial charge is 0.241 e. The summed E-state index contributed by atoms with van der Waals surface area (Å²) in [5.74, 6) is -1.80. The Balaban J connectivity index is 3.19. The highest BCUT2D eigenvalue weighted by Gasteiger charge is 2.21. The Labute approximate surface area is 128 Å². The van der Waals surface area contributed by atoms with E-state index in [1.165, 1.54) is 9.80 Å². The number of likely N-dealkylation sites (N-methyl/N-ethyl adjacent to an activating group) is 1. The highest BCUT2D eigenvalue weighted by molar-refractivity contribution is 7.80. The lowest BCUT2D eigenvalue weighted by atomic mass is 10.1. The number of halogens is 2. The Kier molecular flexibility index (Phi) is 6.02. The van der Waals surface area contributed by atoms with Gasteiger partial charge in [-0.1, -0.05) is 19.1 Å². The quantitative estimate of drug-likeness (QED) is 0.815. The zero-order chi connectivity index (χ0) is 16.2. The topological polar surface area (TPSA) is 49.6 Å². The number of hydrogen-bond donors (Lipinski definition) is 1. The lowest BCUT2D eigenvalue weighted by Gasteiger charge is -2.26. The molecule has 0 aliphatic rings. The third-order valence-corrected chi connectivity index (χ3v) is 3.17. The molecule has 0 radical (unpaired) electrons. The molecule has 7 heteroatoms. The Morgan fingerprint density at radius 3 is 2.19 bits per heavy atom. The molecule has 1 amide bonds. The summed E-state index contributed by atoms with van der Waals surface area (Å²) < 4.78 is 28.3. The van der Waals surface area contributed by atoms with Gasteiger partial charge in [0.15, 0.2) is 0 Å². The van der Waals surface area contributed by atoms with Crippen molar-refractivity contribution in [1.82, 2.24) is 4.90 Å². The molecule has 1 rings (SSSR count). The number of nitrogens with two attached hydrogens (primary N) is 1. The summed E-state index contributed by atoms with van der Waals surface area (Å²) in [6.07, 6.45) is 0.649. The molecular formula is C14H19F2N3OS. The van der Waals surface area contributed by atoms with Crippen LogP contribution in [-0.4, -0.2) is 43.0 Å². The van der Waals surface area contributed by atoms with Crippen LogP contribution in [0.2, 0.25) is 0 Å². The van der Waals surface area contributed by atoms with Crippen LogP contribution in [0.25, 0.3) is 0 Å². The first-order valence-electron chi connectivity index (χ1n) is 6.51. The fourth-order valence-corrected chi connectivity index (χ4v) is 1.97. The summed E-state index contributed by atoms with van der Waals surface area (Å²) in [4.78, 5) is 14.5. The van der Waals surface area contributed by atoms with Gasteiger partial charge in [-0.15, -0.1) is 0 Å². The largest absolute Gasteiger partial charge is 0.389 e. The van der Waals surface area contributed by atoms with E-state index in [9.17, 15) is 13.6 Å². The maximum absolute atomic E-state index is 14.2. The molecule has 1 aromatic rings. The van der Waals surface area contributed by atoms with Gasteiger partial charge in [0.25, 0.3) is 0 Å². The van der Waals surface area contributed by atoms with Crippen molar-refractivity contribution in [3.63, 3.8) is 0 Å². The second-order valence-electron chi connectivity index (χ2n) is 4.86. The third-order valence-electron chi connectivity index (χ3n) is 2.94. The summed E-state index contributed by atoms with van der Waals surface area (Å²) in [6.45, 7) is 2.13. The number of rotatable bonds is 6. The first kappa shape index (κ1) is 17.3. The van der Waals surface area contributed by atoms with Crippen molar-refractivity contribution in [1.29, 1.82) is 0 Å². The molecule has 0 fully saturated rings. The minimum Gasteiger partial charge on any atom is -0.389 e. The minimum atomic E-state index is -0.780. The van der Waals surface area contributed by atoms with E-state index in [0.29, 0.717) is 13.0 Å². The maximum Gasteiger partial charge on any atom is 0.241 e. The van der Waals surface area contributed by atoms with Gasteiger partial charge in [-0.25, -0.2) is 8.78 Å². The summed E-state index contributed by atoms with van der Waals surface area (Å²) in [5.41, 5.74) is 5.28. The highest BCUT2D eigenvalue weighted by Crippen LogP contribution is 2.25. The second kappa shape index (κ2) is 7.31. The standard InChI is InChI=1S/C14H19F2N3OS/c1-4-5-19(8-12(20)18(2)3)13-10(15)6-9(14(17)21)7-11(13)16/h6-7H,4-5,8H2,1-3H3,(H2,17,21). The van der Waals surface area contributed by atoms with Crippen LogP contribution in [0, 0.1) is 11.6 Å². The van der Waals surface area contributed by atoms with E-state index < -0.39 is 11.6 Å². The molecule has 4 nitrogen and oxygen atoms in total. The van der Waals surface area contributed by atoms with Crippen LogP contribution in [0.15, 0.2) is 12.1 Å². The number of anilines is 1. The molecule has 0 aliphatic carbocycles. The zero-order valence-electron chi connectivity index (χ0n) is 12.3. The van der Waals surface area contributed by atoms with Crippen LogP contribution in [0.1, 0.15) is 18.9 Å². The molecular weight excluding hydrogens is 296 g/mol. The van der Waals surface area contributed by atoms with Crippen LogP contribution in [0.5, 0.6) is 0 Å². The monoisotopic (exact) mass is 315 g/mol. The van der Waals surface area contributed by atoms with Gasteiger partial charge < -0.3 is 15.5 Å².